The Morgan fingerprint density at radius 3 is 2.68 bits per heavy atom. The number of fused-ring (bicyclic) bond motifs is 1. The molecule has 2 fully saturated rings. The van der Waals surface area contributed by atoms with Gasteiger partial charge in [-0.25, -0.2) is 0 Å². The average molecular weight is 302 g/mol. The fourth-order valence-corrected chi connectivity index (χ4v) is 3.59. The summed E-state index contributed by atoms with van der Waals surface area (Å²) in [5, 5.41) is 20.2. The largest absolute Gasteiger partial charge is 0.508 e. The number of phenols is 1. The summed E-state index contributed by atoms with van der Waals surface area (Å²) < 4.78 is 0. The number of benzene rings is 1. The Morgan fingerprint density at radius 1 is 1.26 bits per heavy atom. The zero-order valence-electron chi connectivity index (χ0n) is 10.0. The molecule has 2 aliphatic rings. The molecule has 6 heteroatoms. The standard InChI is InChI=1S/C13H13Cl2NO3/c14-8-1-2-9(17)11(12(8)15)6-3-7-4-10(18)13(19)16(7)5-6/h1-2,6-7,10,17-18H,3-5H2. The Labute approximate surface area is 120 Å². The molecule has 102 valence electrons. The molecule has 0 saturated carbocycles. The Morgan fingerprint density at radius 2 is 2.00 bits per heavy atom. The maximum Gasteiger partial charge on any atom is 0.251 e. The number of amides is 1. The van der Waals surface area contributed by atoms with Gasteiger partial charge < -0.3 is 15.1 Å². The first-order chi connectivity index (χ1) is 8.99. The SMILES string of the molecule is O=C1C(O)CC2CC(c3c(O)ccc(Cl)c3Cl)CN12. The van der Waals surface area contributed by atoms with Gasteiger partial charge in [-0.2, -0.15) is 0 Å². The molecule has 1 amide bonds. The van der Waals surface area contributed by atoms with Crippen molar-refractivity contribution in [3.63, 3.8) is 0 Å². The summed E-state index contributed by atoms with van der Waals surface area (Å²) in [5.41, 5.74) is 0.603. The van der Waals surface area contributed by atoms with Crippen LogP contribution < -0.4 is 0 Å². The van der Waals surface area contributed by atoms with Gasteiger partial charge in [-0.15, -0.1) is 0 Å². The zero-order chi connectivity index (χ0) is 13.7. The van der Waals surface area contributed by atoms with Crippen molar-refractivity contribution in [2.75, 3.05) is 6.54 Å². The van der Waals surface area contributed by atoms with Crippen LogP contribution in [0.4, 0.5) is 0 Å². The van der Waals surface area contributed by atoms with E-state index < -0.39 is 6.10 Å². The number of carbonyl (C=O) groups is 1. The molecule has 0 aliphatic carbocycles. The van der Waals surface area contributed by atoms with Gasteiger partial charge in [-0.05, 0) is 18.6 Å². The van der Waals surface area contributed by atoms with Crippen molar-refractivity contribution >= 4 is 29.1 Å². The zero-order valence-corrected chi connectivity index (χ0v) is 11.5. The van der Waals surface area contributed by atoms with E-state index in [1.807, 2.05) is 0 Å². The number of hydrogen-bond acceptors (Lipinski definition) is 3. The quantitative estimate of drug-likeness (QED) is 0.835. The summed E-state index contributed by atoms with van der Waals surface area (Å²) in [5.74, 6) is -0.161. The van der Waals surface area contributed by atoms with Crippen LogP contribution in [0.5, 0.6) is 5.75 Å². The van der Waals surface area contributed by atoms with Gasteiger partial charge in [0.25, 0.3) is 5.91 Å². The highest BCUT2D eigenvalue weighted by Crippen LogP contribution is 2.45. The summed E-state index contributed by atoms with van der Waals surface area (Å²) in [6, 6.07) is 3.10. The molecule has 3 unspecified atom stereocenters. The smallest absolute Gasteiger partial charge is 0.251 e. The van der Waals surface area contributed by atoms with Gasteiger partial charge in [-0.3, -0.25) is 4.79 Å². The third-order valence-corrected chi connectivity index (χ3v) is 4.81. The van der Waals surface area contributed by atoms with Crippen molar-refractivity contribution in [1.29, 1.82) is 0 Å². The minimum atomic E-state index is -0.880. The second-order valence-electron chi connectivity index (χ2n) is 5.12. The average Bonchev–Trinajstić information content (AvgIpc) is 2.86. The summed E-state index contributed by atoms with van der Waals surface area (Å²) in [7, 11) is 0. The molecule has 1 aromatic carbocycles. The Hall–Kier alpha value is -0.970. The lowest BCUT2D eigenvalue weighted by Crippen LogP contribution is -2.30. The van der Waals surface area contributed by atoms with E-state index in [-0.39, 0.29) is 23.6 Å². The topological polar surface area (TPSA) is 60.8 Å². The van der Waals surface area contributed by atoms with E-state index in [0.717, 1.165) is 0 Å². The maximum atomic E-state index is 11.8. The van der Waals surface area contributed by atoms with E-state index in [4.69, 9.17) is 23.2 Å². The number of phenolic OH excluding ortho intramolecular Hbond substituents is 1. The normalized spacial score (nSPS) is 29.9. The fraction of sp³-hybridized carbons (Fsp3) is 0.462. The molecule has 0 bridgehead atoms. The van der Waals surface area contributed by atoms with Crippen LogP contribution >= 0.6 is 23.2 Å². The van der Waals surface area contributed by atoms with Gasteiger partial charge in [0.1, 0.15) is 11.9 Å². The number of carbonyl (C=O) groups excluding carboxylic acids is 1. The summed E-state index contributed by atoms with van der Waals surface area (Å²) >= 11 is 12.1. The number of halogens is 2. The highest BCUT2D eigenvalue weighted by molar-refractivity contribution is 6.42. The molecular formula is C13H13Cl2NO3. The highest BCUT2D eigenvalue weighted by Gasteiger charge is 2.45. The van der Waals surface area contributed by atoms with Gasteiger partial charge in [0.15, 0.2) is 0 Å². The van der Waals surface area contributed by atoms with Crippen LogP contribution in [0, 0.1) is 0 Å². The minimum Gasteiger partial charge on any atom is -0.508 e. The Bertz CT molecular complexity index is 549. The second kappa shape index (κ2) is 4.54. The van der Waals surface area contributed by atoms with Gasteiger partial charge in [0.05, 0.1) is 10.0 Å². The molecule has 3 rings (SSSR count). The van der Waals surface area contributed by atoms with Gasteiger partial charge >= 0.3 is 0 Å². The van der Waals surface area contributed by atoms with E-state index >= 15 is 0 Å². The Kier molecular flexibility index (Phi) is 3.12. The lowest BCUT2D eigenvalue weighted by Gasteiger charge is -2.17. The predicted octanol–water partition coefficient (Wildman–Crippen LogP) is 2.15. The molecule has 2 aliphatic heterocycles. The van der Waals surface area contributed by atoms with E-state index in [9.17, 15) is 15.0 Å². The van der Waals surface area contributed by atoms with Crippen LogP contribution in [-0.2, 0) is 4.79 Å². The fourth-order valence-electron chi connectivity index (χ4n) is 3.11. The molecule has 0 radical (unpaired) electrons. The molecule has 2 saturated heterocycles. The monoisotopic (exact) mass is 301 g/mol. The molecule has 2 N–H and O–H groups in total. The van der Waals surface area contributed by atoms with E-state index in [1.54, 1.807) is 11.0 Å². The predicted molar refractivity (Wildman–Crippen MR) is 71.6 cm³/mol. The molecule has 0 spiro atoms. The van der Waals surface area contributed by atoms with Crippen molar-refractivity contribution in [1.82, 2.24) is 4.90 Å². The van der Waals surface area contributed by atoms with Crippen LogP contribution in [0.3, 0.4) is 0 Å². The summed E-state index contributed by atoms with van der Waals surface area (Å²) in [6.07, 6.45) is 0.263. The molecule has 2 heterocycles. The summed E-state index contributed by atoms with van der Waals surface area (Å²) in [6.45, 7) is 0.466. The number of rotatable bonds is 1. The van der Waals surface area contributed by atoms with Crippen LogP contribution in [0.25, 0.3) is 0 Å². The van der Waals surface area contributed by atoms with Gasteiger partial charge in [0.2, 0.25) is 0 Å². The highest BCUT2D eigenvalue weighted by atomic mass is 35.5. The summed E-state index contributed by atoms with van der Waals surface area (Å²) in [4.78, 5) is 13.4. The first-order valence-electron chi connectivity index (χ1n) is 6.14. The van der Waals surface area contributed by atoms with Crippen LogP contribution in [0.15, 0.2) is 12.1 Å². The van der Waals surface area contributed by atoms with E-state index in [0.29, 0.717) is 35.0 Å². The van der Waals surface area contributed by atoms with Gasteiger partial charge in [0, 0.05) is 30.5 Å². The molecule has 0 aromatic heterocycles. The third kappa shape index (κ3) is 1.98. The number of aliphatic hydroxyl groups excluding tert-OH is 1. The van der Waals surface area contributed by atoms with E-state index in [2.05, 4.69) is 0 Å². The first-order valence-corrected chi connectivity index (χ1v) is 6.90. The van der Waals surface area contributed by atoms with Crippen molar-refractivity contribution in [2.45, 2.75) is 30.9 Å². The molecular weight excluding hydrogens is 289 g/mol. The number of aromatic hydroxyl groups is 1. The lowest BCUT2D eigenvalue weighted by atomic mass is 9.94. The van der Waals surface area contributed by atoms with Crippen LogP contribution in [-0.4, -0.2) is 39.7 Å². The van der Waals surface area contributed by atoms with Crippen LogP contribution in [0.1, 0.15) is 24.3 Å². The van der Waals surface area contributed by atoms with Gasteiger partial charge in [-0.1, -0.05) is 23.2 Å². The van der Waals surface area contributed by atoms with E-state index in [1.165, 1.54) is 6.07 Å². The van der Waals surface area contributed by atoms with Crippen molar-refractivity contribution in [3.05, 3.63) is 27.7 Å². The second-order valence-corrected chi connectivity index (χ2v) is 5.91. The molecule has 3 atom stereocenters. The Balaban J connectivity index is 1.91. The van der Waals surface area contributed by atoms with Crippen molar-refractivity contribution in [2.24, 2.45) is 0 Å². The van der Waals surface area contributed by atoms with Crippen molar-refractivity contribution < 1.29 is 15.0 Å². The number of aliphatic hydroxyl groups is 1. The lowest BCUT2D eigenvalue weighted by molar-refractivity contribution is -0.134. The number of hydrogen-bond donors (Lipinski definition) is 2. The van der Waals surface area contributed by atoms with Crippen LogP contribution in [0.2, 0.25) is 10.0 Å². The van der Waals surface area contributed by atoms with Crippen molar-refractivity contribution in [3.8, 4) is 5.75 Å². The first kappa shape index (κ1) is 13.0. The maximum absolute atomic E-state index is 11.8. The third-order valence-electron chi connectivity index (χ3n) is 4.00. The number of nitrogens with zero attached hydrogens (tertiary/aromatic N) is 1. The molecule has 1 aromatic rings. The molecule has 4 nitrogen and oxygen atoms in total. The minimum absolute atomic E-state index is 0.0296. The molecule has 19 heavy (non-hydrogen) atoms.